The number of hydrogen-bond donors (Lipinski definition) is 0. The summed E-state index contributed by atoms with van der Waals surface area (Å²) in [6, 6.07) is 0. The van der Waals surface area contributed by atoms with Gasteiger partial charge in [-0.3, -0.25) is 4.79 Å². The number of Topliss-reactive ketones (excluding diaryl/α,β-unsaturated/α-hetero) is 1. The van der Waals surface area contributed by atoms with Crippen LogP contribution in [0.2, 0.25) is 0 Å². The minimum atomic E-state index is 0.473. The minimum absolute atomic E-state index is 0.473. The summed E-state index contributed by atoms with van der Waals surface area (Å²) in [6.07, 6.45) is 7.50. The Hall–Kier alpha value is -0.330. The van der Waals surface area contributed by atoms with Crippen molar-refractivity contribution in [3.63, 3.8) is 0 Å². The van der Waals surface area contributed by atoms with Crippen LogP contribution in [0.5, 0.6) is 0 Å². The highest BCUT2D eigenvalue weighted by Gasteiger charge is 2.57. The van der Waals surface area contributed by atoms with E-state index in [4.69, 9.17) is 0 Å². The monoisotopic (exact) mass is 178 g/mol. The van der Waals surface area contributed by atoms with E-state index in [1.807, 2.05) is 0 Å². The smallest absolute Gasteiger partial charge is 0.136 e. The number of carbonyl (C=O) groups excluding carboxylic acids is 1. The van der Waals surface area contributed by atoms with Crippen molar-refractivity contribution in [1.29, 1.82) is 0 Å². The number of hydrogen-bond acceptors (Lipinski definition) is 1. The van der Waals surface area contributed by atoms with Crippen molar-refractivity contribution < 1.29 is 4.79 Å². The van der Waals surface area contributed by atoms with Crippen LogP contribution in [0.15, 0.2) is 0 Å². The average molecular weight is 178 g/mol. The molecule has 0 aromatic heterocycles. The van der Waals surface area contributed by atoms with Crippen molar-refractivity contribution in [2.24, 2.45) is 23.2 Å². The van der Waals surface area contributed by atoms with E-state index in [2.05, 4.69) is 6.92 Å². The first-order valence-electron chi connectivity index (χ1n) is 5.75. The standard InChI is InChI=1S/C12H18O/c1-8-2-3-10-11(13)6-9-4-5-12(8,10)7-9/h8-10H,2-7H2,1H3/t8-,9-,10-,12-/m0/s1. The Morgan fingerprint density at radius 3 is 3.00 bits per heavy atom. The summed E-state index contributed by atoms with van der Waals surface area (Å²) < 4.78 is 0. The van der Waals surface area contributed by atoms with Gasteiger partial charge in [0.1, 0.15) is 5.78 Å². The highest BCUT2D eigenvalue weighted by atomic mass is 16.1. The van der Waals surface area contributed by atoms with Crippen LogP contribution in [0, 0.1) is 23.2 Å². The van der Waals surface area contributed by atoms with E-state index in [1.54, 1.807) is 0 Å². The second-order valence-electron chi connectivity index (χ2n) is 5.54. The molecule has 3 fully saturated rings. The second-order valence-corrected chi connectivity index (χ2v) is 5.54. The summed E-state index contributed by atoms with van der Waals surface area (Å²) in [4.78, 5) is 11.9. The van der Waals surface area contributed by atoms with E-state index in [0.717, 1.165) is 18.3 Å². The van der Waals surface area contributed by atoms with Crippen molar-refractivity contribution in [3.05, 3.63) is 0 Å². The lowest BCUT2D eigenvalue weighted by Crippen LogP contribution is -2.36. The normalized spacial score (nSPS) is 53.9. The molecule has 0 unspecified atom stereocenters. The molecule has 1 nitrogen and oxygen atoms in total. The van der Waals surface area contributed by atoms with Crippen molar-refractivity contribution in [2.75, 3.05) is 0 Å². The number of fused-ring (bicyclic) bond motifs is 1. The predicted octanol–water partition coefficient (Wildman–Crippen LogP) is 2.79. The lowest BCUT2D eigenvalue weighted by Gasteiger charge is -2.38. The van der Waals surface area contributed by atoms with E-state index < -0.39 is 0 Å². The maximum atomic E-state index is 11.9. The summed E-state index contributed by atoms with van der Waals surface area (Å²) in [7, 11) is 0. The van der Waals surface area contributed by atoms with Gasteiger partial charge in [-0.1, -0.05) is 6.92 Å². The molecule has 0 radical (unpaired) electrons. The molecule has 3 saturated carbocycles. The summed E-state index contributed by atoms with van der Waals surface area (Å²) in [5.41, 5.74) is 0.486. The molecular weight excluding hydrogens is 160 g/mol. The van der Waals surface area contributed by atoms with E-state index >= 15 is 0 Å². The van der Waals surface area contributed by atoms with Crippen LogP contribution in [0.4, 0.5) is 0 Å². The van der Waals surface area contributed by atoms with Gasteiger partial charge in [-0.25, -0.2) is 0 Å². The highest BCUT2D eigenvalue weighted by Crippen LogP contribution is 2.63. The number of rotatable bonds is 0. The molecule has 3 aliphatic rings. The Balaban J connectivity index is 2.03. The van der Waals surface area contributed by atoms with Gasteiger partial charge in [-0.2, -0.15) is 0 Å². The second kappa shape index (κ2) is 2.37. The van der Waals surface area contributed by atoms with Gasteiger partial charge in [-0.15, -0.1) is 0 Å². The van der Waals surface area contributed by atoms with Crippen LogP contribution in [0.1, 0.15) is 45.4 Å². The molecule has 0 heterocycles. The first kappa shape index (κ1) is 8.02. The molecule has 0 amide bonds. The third-order valence-corrected chi connectivity index (χ3v) is 5.13. The zero-order chi connectivity index (χ0) is 9.05. The van der Waals surface area contributed by atoms with Crippen LogP contribution in [-0.2, 0) is 4.79 Å². The van der Waals surface area contributed by atoms with Crippen molar-refractivity contribution in [1.82, 2.24) is 0 Å². The number of ketones is 1. The van der Waals surface area contributed by atoms with E-state index in [-0.39, 0.29) is 0 Å². The number of carbonyl (C=O) groups is 1. The zero-order valence-electron chi connectivity index (χ0n) is 8.38. The third kappa shape index (κ3) is 0.858. The van der Waals surface area contributed by atoms with E-state index in [0.29, 0.717) is 17.1 Å². The molecule has 3 rings (SSSR count). The van der Waals surface area contributed by atoms with E-state index in [1.165, 1.54) is 32.1 Å². The predicted molar refractivity (Wildman–Crippen MR) is 51.3 cm³/mol. The zero-order valence-corrected chi connectivity index (χ0v) is 8.38. The van der Waals surface area contributed by atoms with Gasteiger partial charge in [0.2, 0.25) is 0 Å². The summed E-state index contributed by atoms with van der Waals surface area (Å²) in [6.45, 7) is 2.38. The molecule has 13 heavy (non-hydrogen) atoms. The Morgan fingerprint density at radius 2 is 2.15 bits per heavy atom. The fraction of sp³-hybridized carbons (Fsp3) is 0.917. The van der Waals surface area contributed by atoms with Gasteiger partial charge in [0.05, 0.1) is 0 Å². The molecule has 0 saturated heterocycles. The first-order chi connectivity index (χ1) is 6.22. The SMILES string of the molecule is C[C@H]1CC[C@H]2C(=O)C[C@@H]3CC[C@]12C3. The largest absolute Gasteiger partial charge is 0.299 e. The van der Waals surface area contributed by atoms with Gasteiger partial charge in [-0.05, 0) is 49.4 Å². The third-order valence-electron chi connectivity index (χ3n) is 5.13. The van der Waals surface area contributed by atoms with Gasteiger partial charge >= 0.3 is 0 Å². The molecule has 72 valence electrons. The van der Waals surface area contributed by atoms with Gasteiger partial charge in [0.15, 0.2) is 0 Å². The fourth-order valence-electron chi connectivity index (χ4n) is 4.40. The lowest BCUT2D eigenvalue weighted by atomic mass is 9.65. The molecular formula is C12H18O. The average Bonchev–Trinajstić information content (AvgIpc) is 2.59. The Labute approximate surface area is 79.9 Å². The molecule has 1 heteroatoms. The Morgan fingerprint density at radius 1 is 1.31 bits per heavy atom. The van der Waals surface area contributed by atoms with Crippen LogP contribution >= 0.6 is 0 Å². The van der Waals surface area contributed by atoms with Crippen molar-refractivity contribution in [3.8, 4) is 0 Å². The summed E-state index contributed by atoms with van der Waals surface area (Å²) in [5.74, 6) is 2.68. The highest BCUT2D eigenvalue weighted by molar-refractivity contribution is 5.83. The lowest BCUT2D eigenvalue weighted by molar-refractivity contribution is -0.129. The van der Waals surface area contributed by atoms with Crippen LogP contribution in [0.25, 0.3) is 0 Å². The first-order valence-corrected chi connectivity index (χ1v) is 5.75. The van der Waals surface area contributed by atoms with E-state index in [9.17, 15) is 4.79 Å². The molecule has 1 spiro atoms. The van der Waals surface area contributed by atoms with Crippen molar-refractivity contribution >= 4 is 5.78 Å². The molecule has 3 aliphatic carbocycles. The minimum Gasteiger partial charge on any atom is -0.299 e. The van der Waals surface area contributed by atoms with Gasteiger partial charge in [0.25, 0.3) is 0 Å². The maximum absolute atomic E-state index is 11.9. The molecule has 0 aliphatic heterocycles. The molecule has 2 bridgehead atoms. The molecule has 4 atom stereocenters. The molecule has 0 N–H and O–H groups in total. The van der Waals surface area contributed by atoms with Crippen LogP contribution < -0.4 is 0 Å². The van der Waals surface area contributed by atoms with Gasteiger partial charge in [0, 0.05) is 12.3 Å². The molecule has 0 aromatic carbocycles. The Bertz CT molecular complexity index is 258. The topological polar surface area (TPSA) is 17.1 Å². The Kier molecular flexibility index (Phi) is 1.46. The van der Waals surface area contributed by atoms with Crippen LogP contribution in [-0.4, -0.2) is 5.78 Å². The van der Waals surface area contributed by atoms with Gasteiger partial charge < -0.3 is 0 Å². The summed E-state index contributed by atoms with van der Waals surface area (Å²) in [5, 5.41) is 0. The fourth-order valence-corrected chi connectivity index (χ4v) is 4.40. The molecule has 0 aromatic rings. The van der Waals surface area contributed by atoms with Crippen molar-refractivity contribution in [2.45, 2.75) is 45.4 Å². The summed E-state index contributed by atoms with van der Waals surface area (Å²) >= 11 is 0. The maximum Gasteiger partial charge on any atom is 0.136 e. The quantitative estimate of drug-likeness (QED) is 0.557. The van der Waals surface area contributed by atoms with Crippen LogP contribution in [0.3, 0.4) is 0 Å².